The lowest BCUT2D eigenvalue weighted by molar-refractivity contribution is -0.122. The van der Waals surface area contributed by atoms with E-state index in [1.807, 2.05) is 35.1 Å². The zero-order valence-corrected chi connectivity index (χ0v) is 11.4. The summed E-state index contributed by atoms with van der Waals surface area (Å²) in [6.07, 6.45) is 5.60. The molecule has 3 rings (SSSR count). The molecule has 0 spiro atoms. The molecule has 1 fully saturated rings. The van der Waals surface area contributed by atoms with Crippen molar-refractivity contribution in [2.75, 3.05) is 6.54 Å². The largest absolute Gasteiger partial charge is 0.356 e. The maximum Gasteiger partial charge on any atom is 0.223 e. The van der Waals surface area contributed by atoms with Crippen LogP contribution in [0.4, 0.5) is 0 Å². The summed E-state index contributed by atoms with van der Waals surface area (Å²) in [6.45, 7) is 1.57. The van der Waals surface area contributed by atoms with Crippen molar-refractivity contribution in [1.29, 1.82) is 0 Å². The molecule has 0 bridgehead atoms. The summed E-state index contributed by atoms with van der Waals surface area (Å²) in [5.41, 5.74) is 1.28. The first-order valence-corrected chi connectivity index (χ1v) is 7.14. The van der Waals surface area contributed by atoms with E-state index in [0.29, 0.717) is 5.92 Å². The fourth-order valence-corrected chi connectivity index (χ4v) is 2.57. The minimum atomic E-state index is 0.169. The second kappa shape index (κ2) is 5.90. The maximum absolute atomic E-state index is 12.0. The van der Waals surface area contributed by atoms with Gasteiger partial charge in [-0.2, -0.15) is 5.10 Å². The zero-order chi connectivity index (χ0) is 13.8. The summed E-state index contributed by atoms with van der Waals surface area (Å²) < 4.78 is 1.88. The first-order valence-electron chi connectivity index (χ1n) is 7.14. The lowest BCUT2D eigenvalue weighted by Gasteiger charge is -2.05. The molecule has 2 aromatic rings. The number of nitrogens with zero attached hydrogens (tertiary/aromatic N) is 2. The molecular formula is C16H19N3O. The lowest BCUT2D eigenvalue weighted by Crippen LogP contribution is -2.27. The lowest BCUT2D eigenvalue weighted by atomic mass is 10.1. The van der Waals surface area contributed by atoms with Gasteiger partial charge in [0, 0.05) is 31.4 Å². The number of hydrogen-bond donors (Lipinski definition) is 1. The molecule has 104 valence electrons. The van der Waals surface area contributed by atoms with E-state index in [2.05, 4.69) is 22.5 Å². The molecule has 1 saturated carbocycles. The molecule has 1 aliphatic carbocycles. The fourth-order valence-electron chi connectivity index (χ4n) is 2.57. The number of nitrogens with one attached hydrogen (secondary N) is 1. The number of rotatable bonds is 6. The highest BCUT2D eigenvalue weighted by Gasteiger charge is 2.43. The molecule has 0 radical (unpaired) electrons. The van der Waals surface area contributed by atoms with Gasteiger partial charge in [0.2, 0.25) is 5.91 Å². The van der Waals surface area contributed by atoms with Crippen molar-refractivity contribution >= 4 is 5.91 Å². The van der Waals surface area contributed by atoms with Crippen LogP contribution in [-0.2, 0) is 11.3 Å². The van der Waals surface area contributed by atoms with Gasteiger partial charge in [-0.05, 0) is 30.4 Å². The second-order valence-corrected chi connectivity index (χ2v) is 5.27. The Morgan fingerprint density at radius 3 is 2.90 bits per heavy atom. The third-order valence-corrected chi connectivity index (χ3v) is 3.78. The topological polar surface area (TPSA) is 46.9 Å². The van der Waals surface area contributed by atoms with E-state index in [1.54, 1.807) is 6.20 Å². The summed E-state index contributed by atoms with van der Waals surface area (Å²) >= 11 is 0. The Labute approximate surface area is 118 Å². The Bertz CT molecular complexity index is 550. The average molecular weight is 269 g/mol. The van der Waals surface area contributed by atoms with Crippen molar-refractivity contribution in [3.63, 3.8) is 0 Å². The molecule has 0 aliphatic heterocycles. The third-order valence-electron chi connectivity index (χ3n) is 3.78. The monoisotopic (exact) mass is 269 g/mol. The molecule has 2 atom stereocenters. The maximum atomic E-state index is 12.0. The first-order chi connectivity index (χ1) is 9.84. The number of aromatic nitrogens is 2. The summed E-state index contributed by atoms with van der Waals surface area (Å²) in [7, 11) is 0. The van der Waals surface area contributed by atoms with Gasteiger partial charge in [-0.15, -0.1) is 0 Å². The first kappa shape index (κ1) is 12.9. The zero-order valence-electron chi connectivity index (χ0n) is 11.4. The number of aryl methyl sites for hydroxylation is 1. The quantitative estimate of drug-likeness (QED) is 0.817. The van der Waals surface area contributed by atoms with E-state index < -0.39 is 0 Å². The number of hydrogen-bond acceptors (Lipinski definition) is 2. The fraction of sp³-hybridized carbons (Fsp3) is 0.375. The number of amides is 1. The van der Waals surface area contributed by atoms with E-state index in [4.69, 9.17) is 0 Å². The van der Waals surface area contributed by atoms with E-state index in [9.17, 15) is 4.79 Å². The number of carbonyl (C=O) groups is 1. The van der Waals surface area contributed by atoms with Crippen LogP contribution in [0.2, 0.25) is 0 Å². The van der Waals surface area contributed by atoms with Gasteiger partial charge < -0.3 is 5.32 Å². The van der Waals surface area contributed by atoms with Gasteiger partial charge in [0.05, 0.1) is 0 Å². The van der Waals surface area contributed by atoms with Gasteiger partial charge in [-0.1, -0.05) is 30.3 Å². The van der Waals surface area contributed by atoms with Crippen LogP contribution in [0, 0.1) is 5.92 Å². The van der Waals surface area contributed by atoms with Gasteiger partial charge in [0.25, 0.3) is 0 Å². The molecule has 1 heterocycles. The van der Waals surface area contributed by atoms with Gasteiger partial charge in [0.1, 0.15) is 0 Å². The molecule has 1 N–H and O–H groups in total. The molecule has 4 heteroatoms. The summed E-state index contributed by atoms with van der Waals surface area (Å²) in [5.74, 6) is 0.781. The minimum Gasteiger partial charge on any atom is -0.356 e. The average Bonchev–Trinajstić information content (AvgIpc) is 3.13. The highest BCUT2D eigenvalue weighted by molar-refractivity contribution is 5.82. The van der Waals surface area contributed by atoms with Gasteiger partial charge >= 0.3 is 0 Å². The van der Waals surface area contributed by atoms with E-state index in [0.717, 1.165) is 25.9 Å². The van der Waals surface area contributed by atoms with Gasteiger partial charge in [0.15, 0.2) is 0 Å². The predicted octanol–water partition coefficient (Wildman–Crippen LogP) is 2.19. The van der Waals surface area contributed by atoms with E-state index in [1.165, 1.54) is 5.56 Å². The Morgan fingerprint density at radius 1 is 1.30 bits per heavy atom. The molecule has 1 aromatic carbocycles. The SMILES string of the molecule is O=C(NCCCn1cccn1)C1CC1c1ccccc1. The molecule has 4 nitrogen and oxygen atoms in total. The Morgan fingerprint density at radius 2 is 2.15 bits per heavy atom. The molecule has 0 saturated heterocycles. The Kier molecular flexibility index (Phi) is 3.81. The standard InChI is InChI=1S/C16H19N3O/c20-16(17-8-4-10-19-11-5-9-18-19)15-12-14(15)13-6-2-1-3-7-13/h1-3,5-7,9,11,14-15H,4,8,10,12H2,(H,17,20). The van der Waals surface area contributed by atoms with Crippen LogP contribution in [-0.4, -0.2) is 22.2 Å². The van der Waals surface area contributed by atoms with E-state index >= 15 is 0 Å². The molecule has 2 unspecified atom stereocenters. The second-order valence-electron chi connectivity index (χ2n) is 5.27. The normalized spacial score (nSPS) is 20.6. The van der Waals surface area contributed by atoms with Crippen molar-refractivity contribution in [3.05, 3.63) is 54.4 Å². The van der Waals surface area contributed by atoms with Crippen LogP contribution in [0.25, 0.3) is 0 Å². The van der Waals surface area contributed by atoms with Gasteiger partial charge in [-0.3, -0.25) is 9.48 Å². The van der Waals surface area contributed by atoms with Crippen molar-refractivity contribution in [1.82, 2.24) is 15.1 Å². The van der Waals surface area contributed by atoms with Crippen molar-refractivity contribution < 1.29 is 4.79 Å². The Balaban J connectivity index is 1.38. The third kappa shape index (κ3) is 3.07. The predicted molar refractivity (Wildman–Crippen MR) is 77.1 cm³/mol. The molecule has 1 amide bonds. The van der Waals surface area contributed by atoms with E-state index in [-0.39, 0.29) is 11.8 Å². The van der Waals surface area contributed by atoms with Crippen LogP contribution in [0.3, 0.4) is 0 Å². The van der Waals surface area contributed by atoms with Crippen LogP contribution in [0.15, 0.2) is 48.8 Å². The molecule has 1 aliphatic rings. The molecular weight excluding hydrogens is 250 g/mol. The van der Waals surface area contributed by atoms with Crippen molar-refractivity contribution in [2.24, 2.45) is 5.92 Å². The number of carbonyl (C=O) groups excluding carboxylic acids is 1. The van der Waals surface area contributed by atoms with Crippen molar-refractivity contribution in [3.8, 4) is 0 Å². The summed E-state index contributed by atoms with van der Waals surface area (Å²) in [6, 6.07) is 12.2. The summed E-state index contributed by atoms with van der Waals surface area (Å²) in [4.78, 5) is 12.0. The van der Waals surface area contributed by atoms with Crippen LogP contribution in [0.5, 0.6) is 0 Å². The Hall–Kier alpha value is -2.10. The van der Waals surface area contributed by atoms with Crippen LogP contribution < -0.4 is 5.32 Å². The molecule has 20 heavy (non-hydrogen) atoms. The highest BCUT2D eigenvalue weighted by Crippen LogP contribution is 2.47. The van der Waals surface area contributed by atoms with Crippen LogP contribution in [0.1, 0.15) is 24.3 Å². The smallest absolute Gasteiger partial charge is 0.223 e. The van der Waals surface area contributed by atoms with Crippen molar-refractivity contribution in [2.45, 2.75) is 25.3 Å². The minimum absolute atomic E-state index is 0.169. The van der Waals surface area contributed by atoms with Crippen LogP contribution >= 0.6 is 0 Å². The highest BCUT2D eigenvalue weighted by atomic mass is 16.2. The molecule has 1 aromatic heterocycles. The summed E-state index contributed by atoms with van der Waals surface area (Å²) in [5, 5.41) is 7.16. The van der Waals surface area contributed by atoms with Gasteiger partial charge in [-0.25, -0.2) is 0 Å². The number of benzene rings is 1.